The van der Waals surface area contributed by atoms with E-state index in [-0.39, 0.29) is 17.2 Å². The molecule has 1 heterocycles. The molecule has 4 nitrogen and oxygen atoms in total. The van der Waals surface area contributed by atoms with Crippen molar-refractivity contribution in [2.75, 3.05) is 0 Å². The first-order valence-electron chi connectivity index (χ1n) is 4.62. The second kappa shape index (κ2) is 4.59. The van der Waals surface area contributed by atoms with Gasteiger partial charge in [-0.1, -0.05) is 6.08 Å². The molecule has 0 fully saturated rings. The highest BCUT2D eigenvalue weighted by Crippen LogP contribution is 2.09. The van der Waals surface area contributed by atoms with E-state index in [0.717, 1.165) is 0 Å². The van der Waals surface area contributed by atoms with Crippen LogP contribution in [0.4, 0.5) is 0 Å². The van der Waals surface area contributed by atoms with Crippen molar-refractivity contribution < 1.29 is 9.90 Å². The van der Waals surface area contributed by atoms with E-state index in [4.69, 9.17) is 5.11 Å². The standard InChI is InChI=1S/C11H13NO3/c1-3-4-8(2)12-7-9(11(14)15)5-6-10(12)13/h3,5-8H,1,4H2,2H3,(H,14,15). The molecule has 0 bridgehead atoms. The third-order valence-corrected chi connectivity index (χ3v) is 2.17. The first-order valence-corrected chi connectivity index (χ1v) is 4.62. The number of rotatable bonds is 4. The summed E-state index contributed by atoms with van der Waals surface area (Å²) in [4.78, 5) is 22.2. The van der Waals surface area contributed by atoms with Crippen LogP contribution < -0.4 is 5.56 Å². The number of allylic oxidation sites excluding steroid dienone is 1. The fourth-order valence-electron chi connectivity index (χ4n) is 1.33. The van der Waals surface area contributed by atoms with Gasteiger partial charge in [0, 0.05) is 18.3 Å². The molecule has 80 valence electrons. The zero-order valence-electron chi connectivity index (χ0n) is 8.51. The van der Waals surface area contributed by atoms with Crippen LogP contribution in [0.25, 0.3) is 0 Å². The highest BCUT2D eigenvalue weighted by molar-refractivity contribution is 5.87. The van der Waals surface area contributed by atoms with Crippen LogP contribution in [0.3, 0.4) is 0 Å². The number of carbonyl (C=O) groups is 1. The van der Waals surface area contributed by atoms with E-state index in [2.05, 4.69) is 6.58 Å². The van der Waals surface area contributed by atoms with Crippen molar-refractivity contribution in [1.82, 2.24) is 4.57 Å². The number of aromatic carboxylic acids is 1. The Hall–Kier alpha value is -1.84. The van der Waals surface area contributed by atoms with Crippen LogP contribution in [-0.4, -0.2) is 15.6 Å². The van der Waals surface area contributed by atoms with E-state index in [1.807, 2.05) is 6.92 Å². The average molecular weight is 207 g/mol. The zero-order chi connectivity index (χ0) is 11.4. The first kappa shape index (κ1) is 11.2. The normalized spacial score (nSPS) is 12.1. The lowest BCUT2D eigenvalue weighted by atomic mass is 10.2. The van der Waals surface area contributed by atoms with Crippen molar-refractivity contribution >= 4 is 5.97 Å². The number of aromatic nitrogens is 1. The van der Waals surface area contributed by atoms with Gasteiger partial charge in [0.25, 0.3) is 5.56 Å². The zero-order valence-corrected chi connectivity index (χ0v) is 8.51. The Kier molecular flexibility index (Phi) is 3.44. The molecule has 0 amide bonds. The van der Waals surface area contributed by atoms with Crippen molar-refractivity contribution in [1.29, 1.82) is 0 Å². The minimum absolute atomic E-state index is 0.0747. The molecule has 1 unspecified atom stereocenters. The smallest absolute Gasteiger partial charge is 0.337 e. The largest absolute Gasteiger partial charge is 0.478 e. The summed E-state index contributed by atoms with van der Waals surface area (Å²) in [7, 11) is 0. The number of nitrogens with zero attached hydrogens (tertiary/aromatic N) is 1. The van der Waals surface area contributed by atoms with Crippen LogP contribution in [-0.2, 0) is 0 Å². The van der Waals surface area contributed by atoms with Crippen molar-refractivity contribution in [3.63, 3.8) is 0 Å². The number of pyridine rings is 1. The molecule has 1 N–H and O–H groups in total. The van der Waals surface area contributed by atoms with Gasteiger partial charge in [0.15, 0.2) is 0 Å². The highest BCUT2D eigenvalue weighted by Gasteiger charge is 2.08. The van der Waals surface area contributed by atoms with Gasteiger partial charge in [0.05, 0.1) is 5.56 Å². The molecular weight excluding hydrogens is 194 g/mol. The predicted molar refractivity (Wildman–Crippen MR) is 57.2 cm³/mol. The molecule has 0 saturated heterocycles. The predicted octanol–water partition coefficient (Wildman–Crippen LogP) is 1.68. The van der Waals surface area contributed by atoms with Gasteiger partial charge >= 0.3 is 5.97 Å². The summed E-state index contributed by atoms with van der Waals surface area (Å²) >= 11 is 0. The third kappa shape index (κ3) is 2.56. The molecule has 1 aromatic rings. The molecule has 4 heteroatoms. The SMILES string of the molecule is C=CCC(C)n1cc(C(=O)O)ccc1=O. The van der Waals surface area contributed by atoms with Gasteiger partial charge in [-0.05, 0) is 19.4 Å². The Morgan fingerprint density at radius 3 is 2.87 bits per heavy atom. The summed E-state index contributed by atoms with van der Waals surface area (Å²) in [5.41, 5.74) is -0.0835. The van der Waals surface area contributed by atoms with Crippen molar-refractivity contribution in [2.45, 2.75) is 19.4 Å². The minimum atomic E-state index is -1.03. The Morgan fingerprint density at radius 2 is 2.33 bits per heavy atom. The van der Waals surface area contributed by atoms with Crippen molar-refractivity contribution in [3.8, 4) is 0 Å². The quantitative estimate of drug-likeness (QED) is 0.764. The fourth-order valence-corrected chi connectivity index (χ4v) is 1.33. The van der Waals surface area contributed by atoms with E-state index in [1.165, 1.54) is 22.9 Å². The molecule has 0 aromatic carbocycles. The summed E-state index contributed by atoms with van der Waals surface area (Å²) in [6, 6.07) is 2.50. The Labute approximate surface area is 87.5 Å². The Balaban J connectivity index is 3.15. The summed E-state index contributed by atoms with van der Waals surface area (Å²) in [5, 5.41) is 8.78. The number of carboxylic acids is 1. The van der Waals surface area contributed by atoms with E-state index in [9.17, 15) is 9.59 Å². The topological polar surface area (TPSA) is 59.3 Å². The molecule has 0 radical (unpaired) electrons. The second-order valence-electron chi connectivity index (χ2n) is 3.34. The highest BCUT2D eigenvalue weighted by atomic mass is 16.4. The summed E-state index contributed by atoms with van der Waals surface area (Å²) < 4.78 is 1.41. The lowest BCUT2D eigenvalue weighted by Crippen LogP contribution is -2.23. The molecule has 0 aliphatic carbocycles. The van der Waals surface area contributed by atoms with Crippen molar-refractivity contribution in [3.05, 3.63) is 46.9 Å². The average Bonchev–Trinajstić information content (AvgIpc) is 2.18. The van der Waals surface area contributed by atoms with Crippen LogP contribution in [0, 0.1) is 0 Å². The maximum atomic E-state index is 11.4. The summed E-state index contributed by atoms with van der Waals surface area (Å²) in [6.45, 7) is 5.42. The van der Waals surface area contributed by atoms with Gasteiger partial charge in [-0.15, -0.1) is 6.58 Å². The van der Waals surface area contributed by atoms with Crippen LogP contribution in [0.1, 0.15) is 29.7 Å². The van der Waals surface area contributed by atoms with Gasteiger partial charge in [0.2, 0.25) is 0 Å². The van der Waals surface area contributed by atoms with Gasteiger partial charge in [-0.3, -0.25) is 4.79 Å². The lowest BCUT2D eigenvalue weighted by molar-refractivity contribution is 0.0695. The van der Waals surface area contributed by atoms with E-state index in [0.29, 0.717) is 6.42 Å². The van der Waals surface area contributed by atoms with Gasteiger partial charge < -0.3 is 9.67 Å². The molecular formula is C11H13NO3. The van der Waals surface area contributed by atoms with Crippen LogP contribution in [0.15, 0.2) is 35.8 Å². The lowest BCUT2D eigenvalue weighted by Gasteiger charge is -2.13. The van der Waals surface area contributed by atoms with E-state index in [1.54, 1.807) is 6.08 Å². The van der Waals surface area contributed by atoms with Crippen LogP contribution in [0.2, 0.25) is 0 Å². The molecule has 0 saturated carbocycles. The van der Waals surface area contributed by atoms with Crippen LogP contribution >= 0.6 is 0 Å². The fraction of sp³-hybridized carbons (Fsp3) is 0.273. The minimum Gasteiger partial charge on any atom is -0.478 e. The molecule has 15 heavy (non-hydrogen) atoms. The van der Waals surface area contributed by atoms with Crippen LogP contribution in [0.5, 0.6) is 0 Å². The maximum absolute atomic E-state index is 11.4. The third-order valence-electron chi connectivity index (χ3n) is 2.17. The molecule has 1 atom stereocenters. The second-order valence-corrected chi connectivity index (χ2v) is 3.34. The maximum Gasteiger partial charge on any atom is 0.337 e. The number of carboxylic acid groups (broad SMARTS) is 1. The van der Waals surface area contributed by atoms with Gasteiger partial charge in [-0.25, -0.2) is 4.79 Å². The monoisotopic (exact) mass is 207 g/mol. The Bertz CT molecular complexity index is 434. The van der Waals surface area contributed by atoms with Crippen molar-refractivity contribution in [2.24, 2.45) is 0 Å². The Morgan fingerprint density at radius 1 is 1.67 bits per heavy atom. The molecule has 0 spiro atoms. The molecule has 0 aliphatic heterocycles. The number of hydrogen-bond donors (Lipinski definition) is 1. The van der Waals surface area contributed by atoms with E-state index < -0.39 is 5.97 Å². The molecule has 0 aliphatic rings. The van der Waals surface area contributed by atoms with Gasteiger partial charge in [-0.2, -0.15) is 0 Å². The van der Waals surface area contributed by atoms with Gasteiger partial charge in [0.1, 0.15) is 0 Å². The molecule has 1 aromatic heterocycles. The van der Waals surface area contributed by atoms with E-state index >= 15 is 0 Å². The number of hydrogen-bond acceptors (Lipinski definition) is 2. The molecule has 1 rings (SSSR count). The summed E-state index contributed by atoms with van der Waals surface area (Å²) in [5.74, 6) is -1.03. The first-order chi connectivity index (χ1) is 7.06. The summed E-state index contributed by atoms with van der Waals surface area (Å²) in [6.07, 6.45) is 3.69.